The Balaban J connectivity index is 1.83. The van der Waals surface area contributed by atoms with Crippen LogP contribution < -0.4 is 16.4 Å². The van der Waals surface area contributed by atoms with Crippen molar-refractivity contribution >= 4 is 17.3 Å². The molecule has 6 nitrogen and oxygen atoms in total. The number of amides is 1. The Kier molecular flexibility index (Phi) is 3.27. The number of hydrogen-bond donors (Lipinski definition) is 2. The molecule has 3 rings (SSSR count). The average Bonchev–Trinajstić information content (AvgIpc) is 2.88. The highest BCUT2D eigenvalue weighted by Crippen LogP contribution is 2.36. The van der Waals surface area contributed by atoms with Crippen LogP contribution in [-0.4, -0.2) is 38.0 Å². The Bertz CT molecular complexity index is 516. The largest absolute Gasteiger partial charge is 0.397 e. The van der Waals surface area contributed by atoms with Gasteiger partial charge in [-0.15, -0.1) is 0 Å². The van der Waals surface area contributed by atoms with Gasteiger partial charge in [-0.1, -0.05) is 6.07 Å². The zero-order valence-corrected chi connectivity index (χ0v) is 11.3. The van der Waals surface area contributed by atoms with Gasteiger partial charge in [0.2, 0.25) is 0 Å². The van der Waals surface area contributed by atoms with Crippen molar-refractivity contribution in [2.45, 2.75) is 18.6 Å². The second kappa shape index (κ2) is 4.96. The van der Waals surface area contributed by atoms with Gasteiger partial charge in [-0.05, 0) is 12.1 Å². The number of primary amides is 1. The Morgan fingerprint density at radius 1 is 1.20 bits per heavy atom. The highest BCUT2D eigenvalue weighted by atomic mass is 16.7. The summed E-state index contributed by atoms with van der Waals surface area (Å²) in [6.07, 6.45) is 1.53. The van der Waals surface area contributed by atoms with Crippen molar-refractivity contribution in [1.82, 2.24) is 0 Å². The third kappa shape index (κ3) is 2.21. The molecule has 2 aliphatic heterocycles. The maximum atomic E-state index is 11.6. The topological polar surface area (TPSA) is 90.8 Å². The number of ether oxygens (including phenoxy) is 2. The van der Waals surface area contributed by atoms with Crippen LogP contribution >= 0.6 is 0 Å². The van der Waals surface area contributed by atoms with Crippen molar-refractivity contribution in [3.63, 3.8) is 0 Å². The number of piperidine rings is 1. The predicted octanol–water partition coefficient (Wildman–Crippen LogP) is 0.711. The fourth-order valence-electron chi connectivity index (χ4n) is 2.97. The third-order valence-corrected chi connectivity index (χ3v) is 3.99. The molecule has 1 aromatic rings. The van der Waals surface area contributed by atoms with E-state index >= 15 is 0 Å². The van der Waals surface area contributed by atoms with Crippen molar-refractivity contribution in [3.8, 4) is 0 Å². The molecule has 6 heteroatoms. The van der Waals surface area contributed by atoms with Crippen molar-refractivity contribution in [2.75, 3.05) is 36.9 Å². The summed E-state index contributed by atoms with van der Waals surface area (Å²) >= 11 is 0. The maximum absolute atomic E-state index is 11.6. The minimum Gasteiger partial charge on any atom is -0.397 e. The molecule has 0 radical (unpaired) electrons. The first-order chi connectivity index (χ1) is 9.61. The van der Waals surface area contributed by atoms with E-state index in [1.807, 2.05) is 0 Å². The summed E-state index contributed by atoms with van der Waals surface area (Å²) in [5.41, 5.74) is 13.2. The molecular weight excluding hydrogens is 258 g/mol. The van der Waals surface area contributed by atoms with Crippen LogP contribution in [-0.2, 0) is 9.47 Å². The lowest BCUT2D eigenvalue weighted by molar-refractivity contribution is -0.169. The van der Waals surface area contributed by atoms with Crippen LogP contribution in [0.4, 0.5) is 11.4 Å². The fourth-order valence-corrected chi connectivity index (χ4v) is 2.97. The monoisotopic (exact) mass is 277 g/mol. The molecule has 2 aliphatic rings. The number of anilines is 2. The molecule has 0 atom stereocenters. The summed E-state index contributed by atoms with van der Waals surface area (Å²) in [5, 5.41) is 0. The Morgan fingerprint density at radius 2 is 1.85 bits per heavy atom. The first kappa shape index (κ1) is 13.2. The summed E-state index contributed by atoms with van der Waals surface area (Å²) in [4.78, 5) is 13.6. The van der Waals surface area contributed by atoms with Gasteiger partial charge in [0, 0.05) is 25.9 Å². The van der Waals surface area contributed by atoms with E-state index in [-0.39, 0.29) is 0 Å². The Labute approximate surface area is 117 Å². The summed E-state index contributed by atoms with van der Waals surface area (Å²) in [6.45, 7) is 2.77. The van der Waals surface area contributed by atoms with Gasteiger partial charge in [0.05, 0.1) is 30.2 Å². The van der Waals surface area contributed by atoms with Gasteiger partial charge in [-0.2, -0.15) is 0 Å². The number of para-hydroxylation sites is 1. The summed E-state index contributed by atoms with van der Waals surface area (Å²) < 4.78 is 11.4. The molecule has 20 heavy (non-hydrogen) atoms. The zero-order valence-electron chi connectivity index (χ0n) is 11.3. The number of carbonyl (C=O) groups excluding carboxylic acids is 1. The molecule has 108 valence electrons. The van der Waals surface area contributed by atoms with Gasteiger partial charge in [0.1, 0.15) is 0 Å². The highest BCUT2D eigenvalue weighted by molar-refractivity contribution is 6.01. The molecule has 2 heterocycles. The Morgan fingerprint density at radius 3 is 2.45 bits per heavy atom. The van der Waals surface area contributed by atoms with Crippen molar-refractivity contribution in [2.24, 2.45) is 5.73 Å². The molecule has 1 amide bonds. The van der Waals surface area contributed by atoms with Crippen molar-refractivity contribution in [3.05, 3.63) is 23.8 Å². The minimum absolute atomic E-state index is 0.438. The van der Waals surface area contributed by atoms with Crippen LogP contribution in [0.15, 0.2) is 18.2 Å². The standard InChI is InChI=1S/C14H19N3O3/c15-11-3-1-2-10(13(16)18)12(11)17-6-4-14(5-7-17)19-8-9-20-14/h1-3H,4-9,15H2,(H2,16,18). The van der Waals surface area contributed by atoms with Gasteiger partial charge in [0.25, 0.3) is 5.91 Å². The van der Waals surface area contributed by atoms with E-state index < -0.39 is 11.7 Å². The van der Waals surface area contributed by atoms with Gasteiger partial charge in [-0.25, -0.2) is 0 Å². The molecule has 4 N–H and O–H groups in total. The van der Waals surface area contributed by atoms with E-state index in [2.05, 4.69) is 4.90 Å². The van der Waals surface area contributed by atoms with Crippen LogP contribution in [0, 0.1) is 0 Å². The molecule has 0 bridgehead atoms. The highest BCUT2D eigenvalue weighted by Gasteiger charge is 2.40. The minimum atomic E-state index is -0.457. The first-order valence-electron chi connectivity index (χ1n) is 6.82. The van der Waals surface area contributed by atoms with Crippen LogP contribution in [0.5, 0.6) is 0 Å². The van der Waals surface area contributed by atoms with Crippen molar-refractivity contribution < 1.29 is 14.3 Å². The molecule has 0 unspecified atom stereocenters. The zero-order chi connectivity index (χ0) is 14.2. The molecule has 1 spiro atoms. The molecule has 2 saturated heterocycles. The second-order valence-electron chi connectivity index (χ2n) is 5.20. The molecular formula is C14H19N3O3. The predicted molar refractivity (Wildman–Crippen MR) is 75.5 cm³/mol. The number of nitrogens with zero attached hydrogens (tertiary/aromatic N) is 1. The van der Waals surface area contributed by atoms with Gasteiger partial charge >= 0.3 is 0 Å². The summed E-state index contributed by atoms with van der Waals surface area (Å²) in [7, 11) is 0. The SMILES string of the molecule is NC(=O)c1cccc(N)c1N1CCC2(CC1)OCCO2. The van der Waals surface area contributed by atoms with Crippen molar-refractivity contribution in [1.29, 1.82) is 0 Å². The molecule has 0 saturated carbocycles. The van der Waals surface area contributed by atoms with E-state index in [0.717, 1.165) is 31.6 Å². The number of nitrogens with two attached hydrogens (primary N) is 2. The number of carbonyl (C=O) groups is 1. The lowest BCUT2D eigenvalue weighted by atomic mass is 10.0. The van der Waals surface area contributed by atoms with E-state index in [1.54, 1.807) is 18.2 Å². The van der Waals surface area contributed by atoms with Crippen LogP contribution in [0.2, 0.25) is 0 Å². The number of benzene rings is 1. The van der Waals surface area contributed by atoms with Crippen LogP contribution in [0.25, 0.3) is 0 Å². The first-order valence-corrected chi connectivity index (χ1v) is 6.82. The van der Waals surface area contributed by atoms with Crippen LogP contribution in [0.3, 0.4) is 0 Å². The second-order valence-corrected chi connectivity index (χ2v) is 5.20. The van der Waals surface area contributed by atoms with E-state index in [4.69, 9.17) is 20.9 Å². The molecule has 1 aromatic carbocycles. The van der Waals surface area contributed by atoms with Gasteiger partial charge < -0.3 is 25.8 Å². The fraction of sp³-hybridized carbons (Fsp3) is 0.500. The normalized spacial score (nSPS) is 21.3. The number of nitrogen functional groups attached to an aromatic ring is 1. The summed E-state index contributed by atoms with van der Waals surface area (Å²) in [5.74, 6) is -0.895. The maximum Gasteiger partial charge on any atom is 0.250 e. The van der Waals surface area contributed by atoms with E-state index in [1.165, 1.54) is 0 Å². The smallest absolute Gasteiger partial charge is 0.250 e. The quantitative estimate of drug-likeness (QED) is 0.777. The molecule has 0 aromatic heterocycles. The molecule has 0 aliphatic carbocycles. The van der Waals surface area contributed by atoms with E-state index in [0.29, 0.717) is 24.5 Å². The van der Waals surface area contributed by atoms with Gasteiger partial charge in [-0.3, -0.25) is 4.79 Å². The number of rotatable bonds is 2. The Hall–Kier alpha value is -1.79. The van der Waals surface area contributed by atoms with E-state index in [9.17, 15) is 4.79 Å². The van der Waals surface area contributed by atoms with Gasteiger partial charge in [0.15, 0.2) is 5.79 Å². The molecule has 2 fully saturated rings. The third-order valence-electron chi connectivity index (χ3n) is 3.99. The lowest BCUT2D eigenvalue weighted by Crippen LogP contribution is -2.45. The average molecular weight is 277 g/mol. The van der Waals surface area contributed by atoms with Crippen LogP contribution in [0.1, 0.15) is 23.2 Å². The summed E-state index contributed by atoms with van der Waals surface area (Å²) in [6, 6.07) is 5.24. The number of hydrogen-bond acceptors (Lipinski definition) is 5. The lowest BCUT2D eigenvalue weighted by Gasteiger charge is -2.39.